The van der Waals surface area contributed by atoms with E-state index in [1.165, 1.54) is 23.9 Å². The predicted octanol–water partition coefficient (Wildman–Crippen LogP) is 3.37. The third-order valence-electron chi connectivity index (χ3n) is 3.00. The van der Waals surface area contributed by atoms with Gasteiger partial charge in [-0.05, 0) is 0 Å². The SMILES string of the molecule is CCCCCC1=NC(O)(CC)CC(C)(C)[Se]1. The van der Waals surface area contributed by atoms with E-state index in [0.717, 1.165) is 19.3 Å². The van der Waals surface area contributed by atoms with E-state index in [-0.39, 0.29) is 4.31 Å². The summed E-state index contributed by atoms with van der Waals surface area (Å²) < 4.78 is 1.56. The van der Waals surface area contributed by atoms with Gasteiger partial charge < -0.3 is 0 Å². The summed E-state index contributed by atoms with van der Waals surface area (Å²) in [6.45, 7) is 8.78. The molecule has 0 bridgehead atoms. The Morgan fingerprint density at radius 2 is 2.00 bits per heavy atom. The number of hydrogen-bond donors (Lipinski definition) is 1. The standard InChI is InChI=1S/C13H25NOSe/c1-5-7-8-9-11-14-13(15,6-2)10-12(3,4)16-11/h15H,5-10H2,1-4H3. The second kappa shape index (κ2) is 5.66. The Bertz CT molecular complexity index is 263. The van der Waals surface area contributed by atoms with Crippen LogP contribution in [0, 0.1) is 0 Å². The average Bonchev–Trinajstić information content (AvgIpc) is 2.15. The molecule has 0 amide bonds. The van der Waals surface area contributed by atoms with Gasteiger partial charge in [-0.1, -0.05) is 0 Å². The zero-order chi connectivity index (χ0) is 12.2. The average molecular weight is 290 g/mol. The van der Waals surface area contributed by atoms with Gasteiger partial charge >= 0.3 is 106 Å². The molecule has 0 aromatic heterocycles. The molecule has 0 fully saturated rings. The Morgan fingerprint density at radius 3 is 2.56 bits per heavy atom. The molecular weight excluding hydrogens is 265 g/mol. The Kier molecular flexibility index (Phi) is 5.03. The molecule has 94 valence electrons. The van der Waals surface area contributed by atoms with Crippen molar-refractivity contribution in [3.8, 4) is 0 Å². The van der Waals surface area contributed by atoms with E-state index in [4.69, 9.17) is 0 Å². The summed E-state index contributed by atoms with van der Waals surface area (Å²) in [6, 6.07) is 0. The van der Waals surface area contributed by atoms with Crippen LogP contribution in [-0.4, -0.2) is 30.4 Å². The van der Waals surface area contributed by atoms with E-state index in [1.54, 1.807) is 0 Å². The van der Waals surface area contributed by atoms with Crippen LogP contribution in [0.1, 0.15) is 66.2 Å². The fraction of sp³-hybridized carbons (Fsp3) is 0.923. The number of aliphatic hydroxyl groups is 1. The normalized spacial score (nSPS) is 28.9. The van der Waals surface area contributed by atoms with E-state index >= 15 is 0 Å². The molecule has 2 nitrogen and oxygen atoms in total. The van der Waals surface area contributed by atoms with Gasteiger partial charge in [0, 0.05) is 0 Å². The second-order valence-corrected chi connectivity index (χ2v) is 9.07. The Balaban J connectivity index is 2.67. The molecule has 0 aromatic rings. The monoisotopic (exact) mass is 291 g/mol. The minimum absolute atomic E-state index is 0.265. The molecule has 1 N–H and O–H groups in total. The Hall–Kier alpha value is 0.149. The first-order chi connectivity index (χ1) is 7.41. The second-order valence-electron chi connectivity index (χ2n) is 5.34. The fourth-order valence-corrected chi connectivity index (χ4v) is 5.11. The number of rotatable bonds is 5. The molecular formula is C13H25NOSe. The van der Waals surface area contributed by atoms with Gasteiger partial charge in [0.1, 0.15) is 0 Å². The van der Waals surface area contributed by atoms with Crippen LogP contribution in [0.4, 0.5) is 0 Å². The van der Waals surface area contributed by atoms with E-state index in [9.17, 15) is 5.11 Å². The molecule has 1 aliphatic heterocycles. The molecule has 1 aliphatic rings. The molecule has 1 atom stereocenters. The van der Waals surface area contributed by atoms with Gasteiger partial charge in [-0.2, -0.15) is 0 Å². The summed E-state index contributed by atoms with van der Waals surface area (Å²) in [5.41, 5.74) is -0.773. The van der Waals surface area contributed by atoms with Gasteiger partial charge in [0.2, 0.25) is 0 Å². The van der Waals surface area contributed by atoms with Crippen LogP contribution in [0.2, 0.25) is 4.31 Å². The number of hydrogen-bond acceptors (Lipinski definition) is 2. The van der Waals surface area contributed by atoms with Crippen molar-refractivity contribution in [2.45, 2.75) is 76.3 Å². The summed E-state index contributed by atoms with van der Waals surface area (Å²) in [5, 5.41) is 10.4. The topological polar surface area (TPSA) is 32.6 Å². The maximum absolute atomic E-state index is 10.4. The quantitative estimate of drug-likeness (QED) is 0.611. The Morgan fingerprint density at radius 1 is 1.31 bits per heavy atom. The first kappa shape index (κ1) is 14.2. The molecule has 0 saturated carbocycles. The van der Waals surface area contributed by atoms with Crippen LogP contribution in [0.15, 0.2) is 4.99 Å². The van der Waals surface area contributed by atoms with E-state index < -0.39 is 5.72 Å². The van der Waals surface area contributed by atoms with Crippen LogP contribution in [0.5, 0.6) is 0 Å². The van der Waals surface area contributed by atoms with Crippen LogP contribution < -0.4 is 0 Å². The van der Waals surface area contributed by atoms with Crippen LogP contribution in [0.25, 0.3) is 0 Å². The summed E-state index contributed by atoms with van der Waals surface area (Å²) in [7, 11) is 0. The van der Waals surface area contributed by atoms with Crippen molar-refractivity contribution in [2.24, 2.45) is 4.99 Å². The Labute approximate surface area is 106 Å². The number of unbranched alkanes of at least 4 members (excludes halogenated alkanes) is 2. The van der Waals surface area contributed by atoms with E-state index in [2.05, 4.69) is 25.8 Å². The first-order valence-electron chi connectivity index (χ1n) is 6.41. The molecule has 1 heterocycles. The summed E-state index contributed by atoms with van der Waals surface area (Å²) >= 11 is 0.460. The van der Waals surface area contributed by atoms with Gasteiger partial charge in [0.05, 0.1) is 0 Å². The van der Waals surface area contributed by atoms with Gasteiger partial charge in [0.25, 0.3) is 0 Å². The van der Waals surface area contributed by atoms with E-state index in [0.29, 0.717) is 15.0 Å². The summed E-state index contributed by atoms with van der Waals surface area (Å²) in [5.74, 6) is 0. The van der Waals surface area contributed by atoms with Crippen molar-refractivity contribution in [1.29, 1.82) is 0 Å². The van der Waals surface area contributed by atoms with E-state index in [1.807, 2.05) is 6.92 Å². The predicted molar refractivity (Wildman–Crippen MR) is 71.2 cm³/mol. The van der Waals surface area contributed by atoms with Gasteiger partial charge in [-0.25, -0.2) is 0 Å². The molecule has 0 radical (unpaired) electrons. The van der Waals surface area contributed by atoms with Crippen LogP contribution in [0.3, 0.4) is 0 Å². The van der Waals surface area contributed by atoms with Crippen molar-refractivity contribution >= 4 is 19.6 Å². The first-order valence-corrected chi connectivity index (χ1v) is 8.12. The third-order valence-corrected chi connectivity index (χ3v) is 5.57. The van der Waals surface area contributed by atoms with Crippen molar-refractivity contribution in [3.63, 3.8) is 0 Å². The fourth-order valence-electron chi connectivity index (χ4n) is 2.17. The molecule has 1 unspecified atom stereocenters. The van der Waals surface area contributed by atoms with Gasteiger partial charge in [0.15, 0.2) is 0 Å². The van der Waals surface area contributed by atoms with Crippen molar-refractivity contribution in [2.75, 3.05) is 0 Å². The summed E-state index contributed by atoms with van der Waals surface area (Å²) in [6.07, 6.45) is 6.42. The number of nitrogens with zero attached hydrogens (tertiary/aromatic N) is 1. The molecule has 0 saturated heterocycles. The molecule has 0 spiro atoms. The maximum atomic E-state index is 10.4. The molecule has 0 aliphatic carbocycles. The number of aliphatic imine (C=N–C) groups is 1. The van der Waals surface area contributed by atoms with Gasteiger partial charge in [-0.3, -0.25) is 0 Å². The summed E-state index contributed by atoms with van der Waals surface area (Å²) in [4.78, 5) is 4.60. The van der Waals surface area contributed by atoms with Crippen molar-refractivity contribution in [1.82, 2.24) is 0 Å². The molecule has 0 aromatic carbocycles. The molecule has 16 heavy (non-hydrogen) atoms. The van der Waals surface area contributed by atoms with Crippen molar-refractivity contribution in [3.05, 3.63) is 0 Å². The zero-order valence-electron chi connectivity index (χ0n) is 11.0. The van der Waals surface area contributed by atoms with Crippen LogP contribution >= 0.6 is 0 Å². The zero-order valence-corrected chi connectivity index (χ0v) is 12.8. The molecule has 1 rings (SSSR count). The third kappa shape index (κ3) is 4.20. The van der Waals surface area contributed by atoms with Crippen molar-refractivity contribution < 1.29 is 5.11 Å². The van der Waals surface area contributed by atoms with Gasteiger partial charge in [-0.15, -0.1) is 0 Å². The molecule has 3 heteroatoms. The minimum atomic E-state index is -0.773. The van der Waals surface area contributed by atoms with Crippen LogP contribution in [-0.2, 0) is 0 Å².